The van der Waals surface area contributed by atoms with E-state index in [1.54, 1.807) is 17.0 Å². The summed E-state index contributed by atoms with van der Waals surface area (Å²) in [7, 11) is 0. The van der Waals surface area contributed by atoms with Gasteiger partial charge in [0.15, 0.2) is 0 Å². The minimum atomic E-state index is -0.217. The molecule has 3 aliphatic rings. The number of nitrogens with zero attached hydrogens (tertiary/aromatic N) is 4. The highest BCUT2D eigenvalue weighted by atomic mass is 19.1. The summed E-state index contributed by atoms with van der Waals surface area (Å²) in [5.74, 6) is 1.83. The van der Waals surface area contributed by atoms with Gasteiger partial charge in [-0.3, -0.25) is 14.6 Å². The number of aromatic nitrogens is 2. The van der Waals surface area contributed by atoms with Crippen LogP contribution in [0.5, 0.6) is 0 Å². The molecule has 5 nitrogen and oxygen atoms in total. The van der Waals surface area contributed by atoms with Gasteiger partial charge in [0, 0.05) is 42.7 Å². The summed E-state index contributed by atoms with van der Waals surface area (Å²) in [6, 6.07) is 7.52. The van der Waals surface area contributed by atoms with Crippen molar-refractivity contribution in [3.05, 3.63) is 52.7 Å². The highest BCUT2D eigenvalue weighted by Crippen LogP contribution is 2.34. The van der Waals surface area contributed by atoms with Crippen molar-refractivity contribution in [3.8, 4) is 0 Å². The number of amides is 1. The molecule has 0 radical (unpaired) electrons. The fraction of sp³-hybridized carbons (Fsp3) is 0.577. The number of hydrogen-bond donors (Lipinski definition) is 0. The monoisotopic (exact) mass is 436 g/mol. The number of anilines is 1. The first-order valence-corrected chi connectivity index (χ1v) is 12.3. The predicted octanol–water partition coefficient (Wildman–Crippen LogP) is 4.57. The van der Waals surface area contributed by atoms with E-state index in [0.717, 1.165) is 42.4 Å². The molecule has 0 spiro atoms. The largest absolute Gasteiger partial charge is 0.300 e. The van der Waals surface area contributed by atoms with Crippen LogP contribution in [0.15, 0.2) is 24.3 Å². The van der Waals surface area contributed by atoms with Crippen LogP contribution in [0, 0.1) is 12.7 Å². The summed E-state index contributed by atoms with van der Waals surface area (Å²) in [5.41, 5.74) is 2.70. The van der Waals surface area contributed by atoms with Crippen molar-refractivity contribution in [2.45, 2.75) is 76.7 Å². The average Bonchev–Trinajstić information content (AvgIpc) is 3.30. The van der Waals surface area contributed by atoms with Gasteiger partial charge in [-0.2, -0.15) is 0 Å². The van der Waals surface area contributed by atoms with Crippen LogP contribution >= 0.6 is 0 Å². The maximum atomic E-state index is 14.1. The fourth-order valence-electron chi connectivity index (χ4n) is 5.73. The smallest absolute Gasteiger partial charge is 0.228 e. The molecule has 3 heterocycles. The lowest BCUT2D eigenvalue weighted by atomic mass is 9.94. The summed E-state index contributed by atoms with van der Waals surface area (Å²) >= 11 is 0. The molecule has 6 heteroatoms. The SMILES string of the molecule is Cc1nc([C@H]2CCN(C3CCCCC3)C2)nc2c1CCC(=O)N2CCc1ccccc1F. The summed E-state index contributed by atoms with van der Waals surface area (Å²) in [6.07, 6.45) is 9.41. The zero-order valence-electron chi connectivity index (χ0n) is 19.0. The van der Waals surface area contributed by atoms with Crippen LogP contribution in [0.3, 0.4) is 0 Å². The van der Waals surface area contributed by atoms with Gasteiger partial charge in [-0.15, -0.1) is 0 Å². The minimum Gasteiger partial charge on any atom is -0.300 e. The van der Waals surface area contributed by atoms with Crippen LogP contribution in [0.1, 0.15) is 73.5 Å². The molecule has 32 heavy (non-hydrogen) atoms. The fourth-order valence-corrected chi connectivity index (χ4v) is 5.73. The Morgan fingerprint density at radius 3 is 2.69 bits per heavy atom. The van der Waals surface area contributed by atoms with Crippen molar-refractivity contribution in [1.29, 1.82) is 0 Å². The molecule has 2 aliphatic heterocycles. The number of likely N-dealkylation sites (tertiary alicyclic amines) is 1. The Labute approximate surface area is 190 Å². The average molecular weight is 437 g/mol. The van der Waals surface area contributed by atoms with Gasteiger partial charge in [0.2, 0.25) is 5.91 Å². The Morgan fingerprint density at radius 1 is 1.06 bits per heavy atom. The molecule has 1 aromatic carbocycles. The Balaban J connectivity index is 1.36. The third kappa shape index (κ3) is 4.29. The number of carbonyl (C=O) groups is 1. The Hall–Kier alpha value is -2.34. The molecule has 2 aromatic rings. The quantitative estimate of drug-likeness (QED) is 0.689. The molecule has 1 aromatic heterocycles. The van der Waals surface area contributed by atoms with Crippen molar-refractivity contribution < 1.29 is 9.18 Å². The number of aryl methyl sites for hydroxylation is 1. The Bertz CT molecular complexity index is 988. The van der Waals surface area contributed by atoms with Crippen LogP contribution in [-0.4, -0.2) is 46.5 Å². The van der Waals surface area contributed by atoms with Crippen LogP contribution in [0.25, 0.3) is 0 Å². The molecule has 0 unspecified atom stereocenters. The predicted molar refractivity (Wildman–Crippen MR) is 123 cm³/mol. The highest BCUT2D eigenvalue weighted by Gasteiger charge is 2.34. The standard InChI is InChI=1S/C26H33FN4O/c1-18-22-11-12-24(32)31(16-14-19-7-5-6-10-23(19)27)26(22)29-25(28-18)20-13-15-30(17-20)21-8-3-2-4-9-21/h5-7,10,20-21H,2-4,8-9,11-17H2,1H3/t20-/m0/s1. The molecule has 0 bridgehead atoms. The first kappa shape index (κ1) is 21.5. The van der Waals surface area contributed by atoms with Gasteiger partial charge in [0.25, 0.3) is 0 Å². The number of fused-ring (bicyclic) bond motifs is 1. The van der Waals surface area contributed by atoms with Crippen molar-refractivity contribution in [2.75, 3.05) is 24.5 Å². The molecule has 1 amide bonds. The van der Waals surface area contributed by atoms with E-state index in [2.05, 4.69) is 4.90 Å². The van der Waals surface area contributed by atoms with Crippen molar-refractivity contribution in [1.82, 2.24) is 14.9 Å². The summed E-state index contributed by atoms with van der Waals surface area (Å²) < 4.78 is 14.1. The molecule has 170 valence electrons. The molecule has 1 aliphatic carbocycles. The normalized spacial score (nSPS) is 22.4. The lowest BCUT2D eigenvalue weighted by Crippen LogP contribution is -2.38. The molecule has 1 saturated carbocycles. The molecule has 1 atom stereocenters. The number of benzene rings is 1. The van der Waals surface area contributed by atoms with E-state index in [1.165, 1.54) is 38.2 Å². The van der Waals surface area contributed by atoms with E-state index in [-0.39, 0.29) is 11.7 Å². The first-order chi connectivity index (χ1) is 15.6. The van der Waals surface area contributed by atoms with Gasteiger partial charge >= 0.3 is 0 Å². The number of hydrogen-bond acceptors (Lipinski definition) is 4. The minimum absolute atomic E-state index is 0.0770. The Kier molecular flexibility index (Phi) is 6.22. The van der Waals surface area contributed by atoms with E-state index in [9.17, 15) is 9.18 Å². The summed E-state index contributed by atoms with van der Waals surface area (Å²) in [4.78, 5) is 27.1. The summed E-state index contributed by atoms with van der Waals surface area (Å²) in [5, 5.41) is 0. The van der Waals surface area contributed by atoms with Gasteiger partial charge in [-0.1, -0.05) is 37.5 Å². The second-order valence-electron chi connectivity index (χ2n) is 9.63. The van der Waals surface area contributed by atoms with Crippen molar-refractivity contribution >= 4 is 11.7 Å². The lowest BCUT2D eigenvalue weighted by Gasteiger charge is -2.31. The number of halogens is 1. The second kappa shape index (κ2) is 9.26. The highest BCUT2D eigenvalue weighted by molar-refractivity contribution is 5.95. The third-order valence-electron chi connectivity index (χ3n) is 7.59. The lowest BCUT2D eigenvalue weighted by molar-refractivity contribution is -0.118. The molecular weight excluding hydrogens is 403 g/mol. The molecule has 2 fully saturated rings. The van der Waals surface area contributed by atoms with Gasteiger partial charge in [0.1, 0.15) is 17.5 Å². The van der Waals surface area contributed by atoms with Crippen LogP contribution in [-0.2, 0) is 17.6 Å². The van der Waals surface area contributed by atoms with Crippen molar-refractivity contribution in [2.24, 2.45) is 0 Å². The topological polar surface area (TPSA) is 49.3 Å². The van der Waals surface area contributed by atoms with E-state index < -0.39 is 0 Å². The second-order valence-corrected chi connectivity index (χ2v) is 9.63. The molecule has 0 N–H and O–H groups in total. The molecular formula is C26H33FN4O. The maximum absolute atomic E-state index is 14.1. The van der Waals surface area contributed by atoms with Crippen LogP contribution < -0.4 is 4.90 Å². The summed E-state index contributed by atoms with van der Waals surface area (Å²) in [6.45, 7) is 4.63. The zero-order chi connectivity index (χ0) is 22.1. The van der Waals surface area contributed by atoms with Crippen LogP contribution in [0.4, 0.5) is 10.2 Å². The van der Waals surface area contributed by atoms with Crippen LogP contribution in [0.2, 0.25) is 0 Å². The Morgan fingerprint density at radius 2 is 1.88 bits per heavy atom. The van der Waals surface area contributed by atoms with Gasteiger partial charge in [-0.25, -0.2) is 14.4 Å². The van der Waals surface area contributed by atoms with Gasteiger partial charge in [0.05, 0.1) is 0 Å². The number of carbonyl (C=O) groups excluding carboxylic acids is 1. The zero-order valence-corrected chi connectivity index (χ0v) is 19.0. The van der Waals surface area contributed by atoms with E-state index in [4.69, 9.17) is 9.97 Å². The number of rotatable bonds is 5. The van der Waals surface area contributed by atoms with Gasteiger partial charge < -0.3 is 0 Å². The maximum Gasteiger partial charge on any atom is 0.228 e. The van der Waals surface area contributed by atoms with E-state index in [1.807, 2.05) is 13.0 Å². The molecule has 5 rings (SSSR count). The van der Waals surface area contributed by atoms with E-state index in [0.29, 0.717) is 43.3 Å². The first-order valence-electron chi connectivity index (χ1n) is 12.3. The van der Waals surface area contributed by atoms with Gasteiger partial charge in [-0.05, 0) is 57.2 Å². The third-order valence-corrected chi connectivity index (χ3v) is 7.59. The van der Waals surface area contributed by atoms with E-state index >= 15 is 0 Å². The van der Waals surface area contributed by atoms with Crippen molar-refractivity contribution in [3.63, 3.8) is 0 Å². The molecule has 1 saturated heterocycles.